The lowest BCUT2D eigenvalue weighted by atomic mass is 9.93. The van der Waals surface area contributed by atoms with Crippen molar-refractivity contribution in [3.05, 3.63) is 164 Å². The highest BCUT2D eigenvalue weighted by Gasteiger charge is 2.20. The number of hydrogen-bond acceptors (Lipinski definition) is 7. The largest absolute Gasteiger partial charge is 0.418 e. The van der Waals surface area contributed by atoms with Crippen LogP contribution in [0.3, 0.4) is 0 Å². The molecule has 51 heavy (non-hydrogen) atoms. The number of anilines is 3. The fourth-order valence-corrected chi connectivity index (χ4v) is 6.89. The van der Waals surface area contributed by atoms with Gasteiger partial charge in [0.2, 0.25) is 23.2 Å². The molecule has 0 fully saturated rings. The second-order valence-corrected chi connectivity index (χ2v) is 12.3. The van der Waals surface area contributed by atoms with Crippen LogP contribution in [0.2, 0.25) is 0 Å². The van der Waals surface area contributed by atoms with Gasteiger partial charge in [-0.2, -0.15) is 0 Å². The summed E-state index contributed by atoms with van der Waals surface area (Å²) >= 11 is 0. The van der Waals surface area contributed by atoms with Crippen LogP contribution >= 0.6 is 0 Å². The molecule has 0 N–H and O–H groups in total. The van der Waals surface area contributed by atoms with Crippen molar-refractivity contribution in [2.45, 2.75) is 0 Å². The average Bonchev–Trinajstić information content (AvgIpc) is 3.84. The summed E-state index contributed by atoms with van der Waals surface area (Å²) in [5, 5.41) is 4.74. The van der Waals surface area contributed by atoms with Gasteiger partial charge in [-0.25, -0.2) is 19.9 Å². The van der Waals surface area contributed by atoms with E-state index in [0.29, 0.717) is 23.2 Å². The lowest BCUT2D eigenvalue weighted by molar-refractivity contribution is 0.607. The smallest absolute Gasteiger partial charge is 0.247 e. The molecule has 0 radical (unpaired) electrons. The third kappa shape index (κ3) is 4.99. The van der Waals surface area contributed by atoms with Crippen LogP contribution in [0.15, 0.2) is 173 Å². The first-order valence-corrected chi connectivity index (χ1v) is 16.7. The van der Waals surface area contributed by atoms with Gasteiger partial charge in [0, 0.05) is 40.3 Å². The highest BCUT2D eigenvalue weighted by molar-refractivity contribution is 6.10. The molecular weight excluding hydrogens is 631 g/mol. The van der Waals surface area contributed by atoms with Crippen LogP contribution < -0.4 is 4.90 Å². The molecule has 4 heterocycles. The summed E-state index contributed by atoms with van der Waals surface area (Å²) in [6.07, 6.45) is 3.42. The number of aromatic nitrogens is 4. The van der Waals surface area contributed by atoms with Crippen molar-refractivity contribution in [2.24, 2.45) is 0 Å². The minimum atomic E-state index is 0.519. The van der Waals surface area contributed by atoms with Gasteiger partial charge >= 0.3 is 0 Å². The number of benzene rings is 6. The maximum atomic E-state index is 5.99. The minimum absolute atomic E-state index is 0.519. The van der Waals surface area contributed by atoms with E-state index in [2.05, 4.69) is 128 Å². The molecule has 7 nitrogen and oxygen atoms in total. The quantitative estimate of drug-likeness (QED) is 0.176. The molecule has 0 amide bonds. The lowest BCUT2D eigenvalue weighted by Gasteiger charge is -2.28. The molecule has 10 aromatic rings. The monoisotopic (exact) mass is 657 g/mol. The van der Waals surface area contributed by atoms with Crippen molar-refractivity contribution in [1.82, 2.24) is 19.9 Å². The van der Waals surface area contributed by atoms with E-state index in [-0.39, 0.29) is 0 Å². The molecule has 7 heteroatoms. The van der Waals surface area contributed by atoms with Gasteiger partial charge in [0.05, 0.1) is 5.69 Å². The van der Waals surface area contributed by atoms with E-state index < -0.39 is 0 Å². The molecule has 0 aliphatic heterocycles. The maximum Gasteiger partial charge on any atom is 0.247 e. The van der Waals surface area contributed by atoms with Gasteiger partial charge in [-0.1, -0.05) is 72.8 Å². The zero-order valence-electron chi connectivity index (χ0n) is 27.1. The fraction of sp³-hybridized carbons (Fsp3) is 0. The first kappa shape index (κ1) is 28.9. The molecule has 240 valence electrons. The predicted molar refractivity (Wildman–Crippen MR) is 203 cm³/mol. The number of pyridine rings is 2. The summed E-state index contributed by atoms with van der Waals surface area (Å²) in [5.41, 5.74) is 9.63. The molecule has 0 saturated carbocycles. The molecule has 0 bridgehead atoms. The Bertz CT molecular complexity index is 2690. The summed E-state index contributed by atoms with van der Waals surface area (Å²) in [4.78, 5) is 20.2. The molecule has 0 unspecified atom stereocenters. The number of nitrogens with zero attached hydrogens (tertiary/aromatic N) is 5. The Kier molecular flexibility index (Phi) is 6.67. The highest BCUT2D eigenvalue weighted by Crippen LogP contribution is 2.44. The number of hydrogen-bond donors (Lipinski definition) is 0. The Morgan fingerprint density at radius 2 is 0.941 bits per heavy atom. The molecule has 0 spiro atoms. The molecule has 0 saturated heterocycles. The Labute approximate surface area is 292 Å². The summed E-state index contributed by atoms with van der Waals surface area (Å²) in [6, 6.07) is 52.3. The highest BCUT2D eigenvalue weighted by atomic mass is 16.4. The van der Waals surface area contributed by atoms with Crippen molar-refractivity contribution in [2.75, 3.05) is 4.90 Å². The normalized spacial score (nSPS) is 11.5. The van der Waals surface area contributed by atoms with Gasteiger partial charge in [0.1, 0.15) is 11.0 Å². The summed E-state index contributed by atoms with van der Waals surface area (Å²) < 4.78 is 12.0. The number of oxazole rings is 2. The minimum Gasteiger partial charge on any atom is -0.418 e. The Balaban J connectivity index is 1.12. The van der Waals surface area contributed by atoms with Crippen molar-refractivity contribution < 1.29 is 8.83 Å². The SMILES string of the molecule is c1ccc2c(-c3ccc(N(c4ccc(-c5nc6cccnc6o5)cc4)c4ccc(-c5nc6cccnc6o5)cc4)c4ccccc34)cccc2c1. The van der Waals surface area contributed by atoms with E-state index in [9.17, 15) is 0 Å². The molecule has 0 aliphatic rings. The van der Waals surface area contributed by atoms with Gasteiger partial charge < -0.3 is 13.7 Å². The van der Waals surface area contributed by atoms with Crippen LogP contribution in [-0.4, -0.2) is 19.9 Å². The molecule has 0 atom stereocenters. The van der Waals surface area contributed by atoms with Crippen LogP contribution in [0.5, 0.6) is 0 Å². The average molecular weight is 658 g/mol. The topological polar surface area (TPSA) is 81.1 Å². The van der Waals surface area contributed by atoms with Crippen LogP contribution in [0.4, 0.5) is 17.1 Å². The maximum absolute atomic E-state index is 5.99. The molecule has 6 aromatic carbocycles. The van der Waals surface area contributed by atoms with Crippen molar-refractivity contribution in [3.63, 3.8) is 0 Å². The number of rotatable bonds is 6. The van der Waals surface area contributed by atoms with Crippen LogP contribution in [0, 0.1) is 0 Å². The van der Waals surface area contributed by atoms with E-state index in [0.717, 1.165) is 44.6 Å². The van der Waals surface area contributed by atoms with Gasteiger partial charge in [-0.15, -0.1) is 0 Å². The second kappa shape index (κ2) is 11.8. The van der Waals surface area contributed by atoms with E-state index in [4.69, 9.17) is 8.83 Å². The van der Waals surface area contributed by atoms with Crippen molar-refractivity contribution in [3.8, 4) is 34.0 Å². The Morgan fingerprint density at radius 1 is 0.412 bits per heavy atom. The lowest BCUT2D eigenvalue weighted by Crippen LogP contribution is -2.10. The third-order valence-electron chi connectivity index (χ3n) is 9.30. The third-order valence-corrected chi connectivity index (χ3v) is 9.30. The zero-order chi connectivity index (χ0) is 33.7. The summed E-state index contributed by atoms with van der Waals surface area (Å²) in [5.74, 6) is 1.06. The van der Waals surface area contributed by atoms with Gasteiger partial charge in [-0.3, -0.25) is 0 Å². The van der Waals surface area contributed by atoms with Crippen LogP contribution in [0.25, 0.3) is 78.0 Å². The van der Waals surface area contributed by atoms with Gasteiger partial charge in [0.25, 0.3) is 0 Å². The van der Waals surface area contributed by atoms with E-state index in [1.54, 1.807) is 12.4 Å². The van der Waals surface area contributed by atoms with E-state index in [1.807, 2.05) is 48.5 Å². The fourth-order valence-electron chi connectivity index (χ4n) is 6.89. The molecule has 10 rings (SSSR count). The van der Waals surface area contributed by atoms with Crippen molar-refractivity contribution >= 4 is 61.1 Å². The predicted octanol–water partition coefficient (Wildman–Crippen LogP) is 11.5. The first-order chi connectivity index (χ1) is 25.3. The van der Waals surface area contributed by atoms with Gasteiger partial charge in [0.15, 0.2) is 0 Å². The molecular formula is C44H27N5O2. The molecule has 4 aromatic heterocycles. The Hall–Kier alpha value is -7.12. The van der Waals surface area contributed by atoms with Crippen LogP contribution in [0.1, 0.15) is 0 Å². The standard InChI is InChI=1S/C44H27N5O2/c1-2-10-33-28(8-1)9-5-13-34(33)36-24-25-40(37-12-4-3-11-35(36)37)49(31-20-16-29(17-21-31)41-47-38-14-6-26-45-43(38)50-41)32-22-18-30(19-23-32)42-48-39-15-7-27-46-44(39)51-42/h1-27H. The van der Waals surface area contributed by atoms with Gasteiger partial charge in [-0.05, 0) is 106 Å². The second-order valence-electron chi connectivity index (χ2n) is 12.3. The van der Waals surface area contributed by atoms with Crippen molar-refractivity contribution in [1.29, 1.82) is 0 Å². The van der Waals surface area contributed by atoms with E-state index in [1.165, 1.54) is 27.3 Å². The summed E-state index contributed by atoms with van der Waals surface area (Å²) in [6.45, 7) is 0. The Morgan fingerprint density at radius 3 is 1.55 bits per heavy atom. The van der Waals surface area contributed by atoms with Crippen LogP contribution in [-0.2, 0) is 0 Å². The summed E-state index contributed by atoms with van der Waals surface area (Å²) in [7, 11) is 0. The molecule has 0 aliphatic carbocycles. The number of fused-ring (bicyclic) bond motifs is 4. The zero-order valence-corrected chi connectivity index (χ0v) is 27.1. The first-order valence-electron chi connectivity index (χ1n) is 16.7. The van der Waals surface area contributed by atoms with E-state index >= 15 is 0 Å².